The summed E-state index contributed by atoms with van der Waals surface area (Å²) in [6.45, 7) is 1.89. The number of benzene rings is 2. The van der Waals surface area contributed by atoms with Crippen LogP contribution in [-0.2, 0) is 16.0 Å². The number of amides is 1. The average molecular weight is 393 g/mol. The smallest absolute Gasteiger partial charge is 0.224 e. The molecule has 0 radical (unpaired) electrons. The molecule has 1 N–H and O–H groups in total. The summed E-state index contributed by atoms with van der Waals surface area (Å²) in [5.74, 6) is -0.0608. The van der Waals surface area contributed by atoms with E-state index in [0.29, 0.717) is 29.0 Å². The number of anilines is 2. The molecule has 2 aromatic carbocycles. The minimum absolute atomic E-state index is 0.0608. The van der Waals surface area contributed by atoms with Gasteiger partial charge in [0.25, 0.3) is 0 Å². The van der Waals surface area contributed by atoms with Gasteiger partial charge in [0, 0.05) is 48.0 Å². The molecule has 26 heavy (non-hydrogen) atoms. The lowest BCUT2D eigenvalue weighted by Gasteiger charge is -2.18. The van der Waals surface area contributed by atoms with Gasteiger partial charge in [0.2, 0.25) is 5.91 Å². The molecule has 0 aromatic heterocycles. The van der Waals surface area contributed by atoms with Gasteiger partial charge in [0.05, 0.1) is 6.10 Å². The molecule has 138 valence electrons. The molecule has 0 bridgehead atoms. The molecule has 1 saturated heterocycles. The first-order valence-electron chi connectivity index (χ1n) is 8.67. The zero-order valence-corrected chi connectivity index (χ0v) is 16.2. The summed E-state index contributed by atoms with van der Waals surface area (Å²) in [5.41, 5.74) is 2.74. The Kier molecular flexibility index (Phi) is 6.41. The van der Waals surface area contributed by atoms with E-state index in [0.717, 1.165) is 36.4 Å². The number of hydrogen-bond acceptors (Lipinski definition) is 3. The average Bonchev–Trinajstić information content (AvgIpc) is 3.11. The van der Waals surface area contributed by atoms with Gasteiger partial charge in [-0.05, 0) is 54.8 Å². The number of nitrogens with one attached hydrogen (secondary N) is 1. The number of methoxy groups -OCH3 is 1. The molecule has 0 saturated carbocycles. The molecule has 0 unspecified atom stereocenters. The van der Waals surface area contributed by atoms with Crippen LogP contribution in [0.3, 0.4) is 0 Å². The van der Waals surface area contributed by atoms with Crippen LogP contribution in [0.25, 0.3) is 0 Å². The van der Waals surface area contributed by atoms with E-state index in [2.05, 4.69) is 10.2 Å². The zero-order chi connectivity index (χ0) is 18.5. The van der Waals surface area contributed by atoms with E-state index in [1.807, 2.05) is 24.3 Å². The number of hydrogen-bond donors (Lipinski definition) is 1. The predicted molar refractivity (Wildman–Crippen MR) is 107 cm³/mol. The molecule has 0 aliphatic carbocycles. The largest absolute Gasteiger partial charge is 0.380 e. The van der Waals surface area contributed by atoms with Gasteiger partial charge in [-0.1, -0.05) is 29.3 Å². The Balaban J connectivity index is 1.53. The van der Waals surface area contributed by atoms with Gasteiger partial charge in [0.1, 0.15) is 0 Å². The van der Waals surface area contributed by atoms with Crippen molar-refractivity contribution in [3.05, 3.63) is 58.1 Å². The molecule has 1 fully saturated rings. The molecule has 1 amide bonds. The standard InChI is InChI=1S/C20H22Cl2N2O2/c1-26-16-11-12-24(13-16)15-7-5-14(6-8-15)23-20(25)10-9-17-18(21)3-2-4-19(17)22/h2-8,16H,9-13H2,1H3,(H,23,25)/t16-/m1/s1. The van der Waals surface area contributed by atoms with Crippen molar-refractivity contribution in [3.63, 3.8) is 0 Å². The van der Waals surface area contributed by atoms with Crippen LogP contribution >= 0.6 is 23.2 Å². The lowest BCUT2D eigenvalue weighted by Crippen LogP contribution is -2.22. The van der Waals surface area contributed by atoms with E-state index in [9.17, 15) is 4.79 Å². The molecule has 1 aliphatic heterocycles. The van der Waals surface area contributed by atoms with E-state index in [1.165, 1.54) is 0 Å². The van der Waals surface area contributed by atoms with E-state index >= 15 is 0 Å². The van der Waals surface area contributed by atoms with Crippen molar-refractivity contribution in [3.8, 4) is 0 Å². The van der Waals surface area contributed by atoms with Crippen LogP contribution in [0.4, 0.5) is 11.4 Å². The first-order chi connectivity index (χ1) is 12.6. The van der Waals surface area contributed by atoms with Gasteiger partial charge in [-0.3, -0.25) is 4.79 Å². The van der Waals surface area contributed by atoms with Gasteiger partial charge in [-0.25, -0.2) is 0 Å². The SMILES string of the molecule is CO[C@@H]1CCN(c2ccc(NC(=O)CCc3c(Cl)cccc3Cl)cc2)C1. The highest BCUT2D eigenvalue weighted by atomic mass is 35.5. The third-order valence-electron chi connectivity index (χ3n) is 4.66. The summed E-state index contributed by atoms with van der Waals surface area (Å²) in [7, 11) is 1.75. The monoisotopic (exact) mass is 392 g/mol. The maximum atomic E-state index is 12.2. The summed E-state index contributed by atoms with van der Waals surface area (Å²) in [6.07, 6.45) is 2.17. The Hall–Kier alpha value is -1.75. The summed E-state index contributed by atoms with van der Waals surface area (Å²) in [4.78, 5) is 14.5. The normalized spacial score (nSPS) is 16.7. The second kappa shape index (κ2) is 8.76. The van der Waals surface area contributed by atoms with Crippen molar-refractivity contribution < 1.29 is 9.53 Å². The number of carbonyl (C=O) groups excluding carboxylic acids is 1. The van der Waals surface area contributed by atoms with Gasteiger partial charge in [0.15, 0.2) is 0 Å². The third-order valence-corrected chi connectivity index (χ3v) is 5.37. The Morgan fingerprint density at radius 2 is 1.88 bits per heavy atom. The number of ether oxygens (including phenoxy) is 1. The number of halogens is 2. The lowest BCUT2D eigenvalue weighted by molar-refractivity contribution is -0.116. The molecule has 2 aromatic rings. The fourth-order valence-electron chi connectivity index (χ4n) is 3.14. The Labute approximate surface area is 164 Å². The molecule has 1 heterocycles. The van der Waals surface area contributed by atoms with Crippen molar-refractivity contribution in [1.29, 1.82) is 0 Å². The van der Waals surface area contributed by atoms with Crippen molar-refractivity contribution in [2.24, 2.45) is 0 Å². The molecular formula is C20H22Cl2N2O2. The van der Waals surface area contributed by atoms with Crippen molar-refractivity contribution in [2.75, 3.05) is 30.4 Å². The van der Waals surface area contributed by atoms with Gasteiger partial charge in [-0.2, -0.15) is 0 Å². The predicted octanol–water partition coefficient (Wildman–Crippen LogP) is 4.79. The number of rotatable bonds is 6. The molecule has 4 nitrogen and oxygen atoms in total. The van der Waals surface area contributed by atoms with Crippen molar-refractivity contribution in [1.82, 2.24) is 0 Å². The Morgan fingerprint density at radius 1 is 1.19 bits per heavy atom. The van der Waals surface area contributed by atoms with Crippen LogP contribution in [-0.4, -0.2) is 32.2 Å². The second-order valence-corrected chi connectivity index (χ2v) is 7.20. The lowest BCUT2D eigenvalue weighted by atomic mass is 10.1. The fraction of sp³-hybridized carbons (Fsp3) is 0.350. The number of nitrogens with zero attached hydrogens (tertiary/aromatic N) is 1. The highest BCUT2D eigenvalue weighted by Crippen LogP contribution is 2.26. The topological polar surface area (TPSA) is 41.6 Å². The van der Waals surface area contributed by atoms with Crippen LogP contribution in [0.15, 0.2) is 42.5 Å². The fourth-order valence-corrected chi connectivity index (χ4v) is 3.73. The first kappa shape index (κ1) is 19.0. The van der Waals surface area contributed by atoms with E-state index in [-0.39, 0.29) is 5.91 Å². The van der Waals surface area contributed by atoms with Crippen LogP contribution in [0.2, 0.25) is 10.0 Å². The molecule has 0 spiro atoms. The second-order valence-electron chi connectivity index (χ2n) is 6.39. The zero-order valence-electron chi connectivity index (χ0n) is 14.7. The Bertz CT molecular complexity index is 745. The molecule has 1 aliphatic rings. The molecule has 3 rings (SSSR count). The van der Waals surface area contributed by atoms with E-state index < -0.39 is 0 Å². The summed E-state index contributed by atoms with van der Waals surface area (Å²) in [5, 5.41) is 4.11. The summed E-state index contributed by atoms with van der Waals surface area (Å²) >= 11 is 12.3. The maximum absolute atomic E-state index is 12.2. The van der Waals surface area contributed by atoms with E-state index in [4.69, 9.17) is 27.9 Å². The summed E-state index contributed by atoms with van der Waals surface area (Å²) in [6, 6.07) is 13.3. The van der Waals surface area contributed by atoms with Gasteiger partial charge in [-0.15, -0.1) is 0 Å². The van der Waals surface area contributed by atoms with Crippen molar-refractivity contribution in [2.45, 2.75) is 25.4 Å². The first-order valence-corrected chi connectivity index (χ1v) is 9.43. The van der Waals surface area contributed by atoms with Crippen LogP contribution in [0.5, 0.6) is 0 Å². The molecule has 1 atom stereocenters. The third kappa shape index (κ3) is 4.70. The van der Waals surface area contributed by atoms with Gasteiger partial charge >= 0.3 is 0 Å². The highest BCUT2D eigenvalue weighted by Gasteiger charge is 2.22. The van der Waals surface area contributed by atoms with Gasteiger partial charge < -0.3 is 15.0 Å². The minimum atomic E-state index is -0.0608. The van der Waals surface area contributed by atoms with Crippen LogP contribution < -0.4 is 10.2 Å². The molecule has 6 heteroatoms. The van der Waals surface area contributed by atoms with Crippen LogP contribution in [0, 0.1) is 0 Å². The maximum Gasteiger partial charge on any atom is 0.224 e. The number of carbonyl (C=O) groups is 1. The summed E-state index contributed by atoms with van der Waals surface area (Å²) < 4.78 is 5.40. The van der Waals surface area contributed by atoms with Crippen molar-refractivity contribution >= 4 is 40.5 Å². The van der Waals surface area contributed by atoms with Crippen LogP contribution in [0.1, 0.15) is 18.4 Å². The molecular weight excluding hydrogens is 371 g/mol. The Morgan fingerprint density at radius 3 is 2.50 bits per heavy atom. The quantitative estimate of drug-likeness (QED) is 0.767. The van der Waals surface area contributed by atoms with E-state index in [1.54, 1.807) is 25.3 Å². The highest BCUT2D eigenvalue weighted by molar-refractivity contribution is 6.36. The minimum Gasteiger partial charge on any atom is -0.380 e.